The fourth-order valence-corrected chi connectivity index (χ4v) is 3.15. The first kappa shape index (κ1) is 14.5. The van der Waals surface area contributed by atoms with E-state index in [0.717, 1.165) is 18.8 Å². The van der Waals surface area contributed by atoms with E-state index in [1.54, 1.807) is 0 Å². The van der Waals surface area contributed by atoms with Crippen LogP contribution in [0.2, 0.25) is 0 Å². The predicted octanol–water partition coefficient (Wildman–Crippen LogP) is 2.25. The van der Waals surface area contributed by atoms with Crippen molar-refractivity contribution in [2.45, 2.75) is 52.1 Å². The van der Waals surface area contributed by atoms with Crippen LogP contribution in [0, 0.1) is 6.92 Å². The minimum atomic E-state index is 0.455. The standard InChI is InChI=1S/C15H28N4/c1-5-9-19(10-14-7-6-8-16-14)13(3)15-11-18(4)17-12(15)2/h11,13-14,16H,5-10H2,1-4H3. The van der Waals surface area contributed by atoms with Crippen molar-refractivity contribution in [3.8, 4) is 0 Å². The van der Waals surface area contributed by atoms with E-state index in [-0.39, 0.29) is 0 Å². The average molecular weight is 264 g/mol. The van der Waals surface area contributed by atoms with Crippen molar-refractivity contribution in [3.63, 3.8) is 0 Å². The van der Waals surface area contributed by atoms with Crippen molar-refractivity contribution >= 4 is 0 Å². The molecule has 1 aliphatic rings. The van der Waals surface area contributed by atoms with Crippen LogP contribution in [-0.4, -0.2) is 40.4 Å². The number of nitrogens with one attached hydrogen (secondary N) is 1. The summed E-state index contributed by atoms with van der Waals surface area (Å²) < 4.78 is 1.93. The maximum Gasteiger partial charge on any atom is 0.0641 e. The van der Waals surface area contributed by atoms with Crippen LogP contribution in [-0.2, 0) is 7.05 Å². The van der Waals surface area contributed by atoms with Crippen molar-refractivity contribution < 1.29 is 0 Å². The summed E-state index contributed by atoms with van der Waals surface area (Å²) in [5.74, 6) is 0. The molecule has 108 valence electrons. The van der Waals surface area contributed by atoms with Crippen molar-refractivity contribution in [1.82, 2.24) is 20.0 Å². The maximum atomic E-state index is 4.48. The number of nitrogens with zero attached hydrogens (tertiary/aromatic N) is 3. The number of aryl methyl sites for hydroxylation is 2. The third kappa shape index (κ3) is 3.57. The summed E-state index contributed by atoms with van der Waals surface area (Å²) in [6, 6.07) is 1.13. The molecule has 2 atom stereocenters. The van der Waals surface area contributed by atoms with E-state index in [0.29, 0.717) is 12.1 Å². The van der Waals surface area contributed by atoms with Gasteiger partial charge in [-0.1, -0.05) is 6.92 Å². The molecule has 2 unspecified atom stereocenters. The fourth-order valence-electron chi connectivity index (χ4n) is 3.15. The van der Waals surface area contributed by atoms with Crippen LogP contribution in [0.5, 0.6) is 0 Å². The molecule has 1 N–H and O–H groups in total. The van der Waals surface area contributed by atoms with Gasteiger partial charge >= 0.3 is 0 Å². The van der Waals surface area contributed by atoms with E-state index >= 15 is 0 Å². The van der Waals surface area contributed by atoms with Crippen molar-refractivity contribution in [2.24, 2.45) is 7.05 Å². The Balaban J connectivity index is 2.06. The third-order valence-corrected chi connectivity index (χ3v) is 4.18. The van der Waals surface area contributed by atoms with E-state index in [1.165, 1.54) is 31.4 Å². The van der Waals surface area contributed by atoms with Crippen LogP contribution >= 0.6 is 0 Å². The van der Waals surface area contributed by atoms with Crippen molar-refractivity contribution in [3.05, 3.63) is 17.5 Å². The van der Waals surface area contributed by atoms with Gasteiger partial charge in [0.2, 0.25) is 0 Å². The lowest BCUT2D eigenvalue weighted by Crippen LogP contribution is -2.39. The second-order valence-electron chi connectivity index (χ2n) is 5.81. The van der Waals surface area contributed by atoms with Crippen molar-refractivity contribution in [2.75, 3.05) is 19.6 Å². The summed E-state index contributed by atoms with van der Waals surface area (Å²) in [7, 11) is 2.01. The molecule has 2 heterocycles. The Hall–Kier alpha value is -0.870. The van der Waals surface area contributed by atoms with Crippen LogP contribution in [0.15, 0.2) is 6.20 Å². The third-order valence-electron chi connectivity index (χ3n) is 4.18. The topological polar surface area (TPSA) is 33.1 Å². The zero-order valence-electron chi connectivity index (χ0n) is 12.8. The normalized spacial score (nSPS) is 21.2. The highest BCUT2D eigenvalue weighted by molar-refractivity contribution is 5.19. The predicted molar refractivity (Wildman–Crippen MR) is 79.2 cm³/mol. The molecule has 4 nitrogen and oxygen atoms in total. The highest BCUT2D eigenvalue weighted by Gasteiger charge is 2.23. The monoisotopic (exact) mass is 264 g/mol. The molecule has 1 aromatic heterocycles. The molecule has 0 aliphatic carbocycles. The number of hydrogen-bond donors (Lipinski definition) is 1. The molecule has 1 fully saturated rings. The molecule has 0 bridgehead atoms. The SMILES string of the molecule is CCCN(CC1CCCN1)C(C)c1cn(C)nc1C. The molecule has 4 heteroatoms. The average Bonchev–Trinajstić information content (AvgIpc) is 2.97. The lowest BCUT2D eigenvalue weighted by Gasteiger charge is -2.31. The van der Waals surface area contributed by atoms with Crippen molar-refractivity contribution in [1.29, 1.82) is 0 Å². The second kappa shape index (κ2) is 6.53. The van der Waals surface area contributed by atoms with Crippen LogP contribution in [0.1, 0.15) is 50.4 Å². The van der Waals surface area contributed by atoms with Crippen LogP contribution in [0.25, 0.3) is 0 Å². The summed E-state index contributed by atoms with van der Waals surface area (Å²) in [6.07, 6.45) is 6.02. The van der Waals surface area contributed by atoms with Gasteiger partial charge in [-0.05, 0) is 46.2 Å². The molecule has 0 amide bonds. The summed E-state index contributed by atoms with van der Waals surface area (Å²) in [4.78, 5) is 2.60. The van der Waals surface area contributed by atoms with E-state index in [9.17, 15) is 0 Å². The van der Waals surface area contributed by atoms with E-state index in [1.807, 2.05) is 11.7 Å². The number of aromatic nitrogens is 2. The van der Waals surface area contributed by atoms with Crippen LogP contribution in [0.4, 0.5) is 0 Å². The van der Waals surface area contributed by atoms with Gasteiger partial charge in [-0.2, -0.15) is 5.10 Å². The van der Waals surface area contributed by atoms with E-state index < -0.39 is 0 Å². The van der Waals surface area contributed by atoms with Gasteiger partial charge in [0, 0.05) is 37.4 Å². The van der Waals surface area contributed by atoms with Crippen LogP contribution in [0.3, 0.4) is 0 Å². The lowest BCUT2D eigenvalue weighted by atomic mass is 10.1. The zero-order chi connectivity index (χ0) is 13.8. The molecule has 1 saturated heterocycles. The molecule has 1 aliphatic heterocycles. The Morgan fingerprint density at radius 3 is 2.89 bits per heavy atom. The largest absolute Gasteiger partial charge is 0.313 e. The Morgan fingerprint density at radius 2 is 2.37 bits per heavy atom. The van der Waals surface area contributed by atoms with Gasteiger partial charge < -0.3 is 5.32 Å². The summed E-state index contributed by atoms with van der Waals surface area (Å²) in [6.45, 7) is 10.2. The molecule has 0 spiro atoms. The highest BCUT2D eigenvalue weighted by atomic mass is 15.3. The first-order valence-corrected chi connectivity index (χ1v) is 7.59. The Bertz CT molecular complexity index is 393. The summed E-state index contributed by atoms with van der Waals surface area (Å²) in [5, 5.41) is 8.09. The minimum absolute atomic E-state index is 0.455. The zero-order valence-corrected chi connectivity index (χ0v) is 12.8. The van der Waals surface area contributed by atoms with Gasteiger partial charge in [-0.15, -0.1) is 0 Å². The summed E-state index contributed by atoms with van der Waals surface area (Å²) >= 11 is 0. The van der Waals surface area contributed by atoms with Gasteiger partial charge in [0.1, 0.15) is 0 Å². The Morgan fingerprint density at radius 1 is 1.58 bits per heavy atom. The van der Waals surface area contributed by atoms with Gasteiger partial charge in [0.25, 0.3) is 0 Å². The smallest absolute Gasteiger partial charge is 0.0641 e. The molecule has 1 aromatic rings. The Kier molecular flexibility index (Phi) is 4.99. The highest BCUT2D eigenvalue weighted by Crippen LogP contribution is 2.24. The number of hydrogen-bond acceptors (Lipinski definition) is 3. The molecular formula is C15H28N4. The molecule has 0 saturated carbocycles. The first-order valence-electron chi connectivity index (χ1n) is 7.59. The van der Waals surface area contributed by atoms with E-state index in [2.05, 4.69) is 42.3 Å². The Labute approximate surface area is 117 Å². The lowest BCUT2D eigenvalue weighted by molar-refractivity contribution is 0.192. The maximum absolute atomic E-state index is 4.48. The van der Waals surface area contributed by atoms with Gasteiger partial charge in [-0.3, -0.25) is 9.58 Å². The summed E-state index contributed by atoms with van der Waals surface area (Å²) in [5.41, 5.74) is 2.53. The van der Waals surface area contributed by atoms with E-state index in [4.69, 9.17) is 0 Å². The van der Waals surface area contributed by atoms with Crippen LogP contribution < -0.4 is 5.32 Å². The molecule has 0 radical (unpaired) electrons. The van der Waals surface area contributed by atoms with Gasteiger partial charge in [-0.25, -0.2) is 0 Å². The molecule has 2 rings (SSSR count). The molecule has 0 aromatic carbocycles. The quantitative estimate of drug-likeness (QED) is 0.855. The first-order chi connectivity index (χ1) is 9.11. The molecule has 19 heavy (non-hydrogen) atoms. The minimum Gasteiger partial charge on any atom is -0.313 e. The van der Waals surface area contributed by atoms with Gasteiger partial charge in [0.05, 0.1) is 5.69 Å². The fraction of sp³-hybridized carbons (Fsp3) is 0.800. The van der Waals surface area contributed by atoms with Gasteiger partial charge in [0.15, 0.2) is 0 Å². The second-order valence-corrected chi connectivity index (χ2v) is 5.81. The molecular weight excluding hydrogens is 236 g/mol. The number of rotatable bonds is 6.